The number of methoxy groups -OCH3 is 1. The summed E-state index contributed by atoms with van der Waals surface area (Å²) in [6, 6.07) is 4.80. The Hall–Kier alpha value is -2.50. The molecule has 0 atom stereocenters. The van der Waals surface area contributed by atoms with Gasteiger partial charge in [-0.25, -0.2) is 9.59 Å². The molecule has 0 fully saturated rings. The van der Waals surface area contributed by atoms with Crippen molar-refractivity contribution < 1.29 is 23.8 Å². The number of nitrogens with zero attached hydrogens (tertiary/aromatic N) is 1. The predicted molar refractivity (Wildman–Crippen MR) is 79.2 cm³/mol. The van der Waals surface area contributed by atoms with Gasteiger partial charge >= 0.3 is 11.9 Å². The number of hydrogen-bond donors (Lipinski definition) is 1. The summed E-state index contributed by atoms with van der Waals surface area (Å²) in [4.78, 5) is 22.8. The highest BCUT2D eigenvalue weighted by Crippen LogP contribution is 2.25. The maximum absolute atomic E-state index is 11.4. The normalized spacial score (nSPS) is 11.5. The van der Waals surface area contributed by atoms with Gasteiger partial charge in [-0.1, -0.05) is 20.8 Å². The monoisotopic (exact) mass is 305 g/mol. The second-order valence-corrected chi connectivity index (χ2v) is 6.05. The van der Waals surface area contributed by atoms with E-state index in [4.69, 9.17) is 4.42 Å². The third kappa shape index (κ3) is 3.21. The molecule has 0 bridgehead atoms. The minimum atomic E-state index is -1.00. The highest BCUT2D eigenvalue weighted by atomic mass is 16.5. The van der Waals surface area contributed by atoms with Crippen LogP contribution in [0.1, 0.15) is 53.1 Å². The van der Waals surface area contributed by atoms with Crippen LogP contribution in [0.2, 0.25) is 0 Å². The Morgan fingerprint density at radius 1 is 1.32 bits per heavy atom. The highest BCUT2D eigenvalue weighted by Gasteiger charge is 2.21. The molecule has 1 N–H and O–H groups in total. The molecule has 0 aliphatic carbocycles. The maximum Gasteiger partial charge on any atom is 0.373 e. The Kier molecular flexibility index (Phi) is 4.12. The predicted octanol–water partition coefficient (Wildman–Crippen LogP) is 2.91. The average Bonchev–Trinajstić information content (AvgIpc) is 3.04. The molecule has 0 radical (unpaired) electrons. The van der Waals surface area contributed by atoms with E-state index in [1.165, 1.54) is 13.2 Å². The van der Waals surface area contributed by atoms with Gasteiger partial charge in [0.25, 0.3) is 0 Å². The molecule has 0 unspecified atom stereocenters. The van der Waals surface area contributed by atoms with Gasteiger partial charge < -0.3 is 18.8 Å². The van der Waals surface area contributed by atoms with E-state index in [9.17, 15) is 14.7 Å². The fourth-order valence-electron chi connectivity index (χ4n) is 2.07. The van der Waals surface area contributed by atoms with Crippen LogP contribution in [0.25, 0.3) is 0 Å². The average molecular weight is 305 g/mol. The van der Waals surface area contributed by atoms with Crippen molar-refractivity contribution in [2.75, 3.05) is 7.11 Å². The first kappa shape index (κ1) is 15.9. The molecule has 0 spiro atoms. The summed E-state index contributed by atoms with van der Waals surface area (Å²) in [5.74, 6) is -0.987. The zero-order chi connectivity index (χ0) is 16.5. The molecule has 2 heterocycles. The van der Waals surface area contributed by atoms with Crippen LogP contribution in [0.3, 0.4) is 0 Å². The van der Waals surface area contributed by atoms with E-state index in [1.807, 2.05) is 20.8 Å². The Morgan fingerprint density at radius 3 is 2.55 bits per heavy atom. The molecule has 0 saturated heterocycles. The van der Waals surface area contributed by atoms with Gasteiger partial charge in [-0.05, 0) is 29.2 Å². The Balaban J connectivity index is 2.32. The summed E-state index contributed by atoms with van der Waals surface area (Å²) >= 11 is 0. The zero-order valence-corrected chi connectivity index (χ0v) is 13.0. The highest BCUT2D eigenvalue weighted by molar-refractivity contribution is 5.87. The van der Waals surface area contributed by atoms with Gasteiger partial charge in [0.15, 0.2) is 0 Å². The van der Waals surface area contributed by atoms with Crippen LogP contribution >= 0.6 is 0 Å². The molecule has 0 aliphatic heterocycles. The molecule has 6 nitrogen and oxygen atoms in total. The van der Waals surface area contributed by atoms with Gasteiger partial charge in [0, 0.05) is 6.20 Å². The lowest BCUT2D eigenvalue weighted by molar-refractivity contribution is 0.0561. The molecule has 0 aromatic carbocycles. The van der Waals surface area contributed by atoms with Crippen molar-refractivity contribution in [2.45, 2.75) is 32.7 Å². The molecular formula is C16H19NO5. The van der Waals surface area contributed by atoms with Gasteiger partial charge in [0.1, 0.15) is 11.5 Å². The number of esters is 1. The van der Waals surface area contributed by atoms with Crippen LogP contribution in [-0.2, 0) is 16.7 Å². The summed E-state index contributed by atoms with van der Waals surface area (Å²) < 4.78 is 11.6. The SMILES string of the molecule is COC(=O)c1ccc(Cn2cc(C(C)(C)C)cc2C(=O)O)o1. The van der Waals surface area contributed by atoms with E-state index in [0.29, 0.717) is 5.76 Å². The van der Waals surface area contributed by atoms with Crippen molar-refractivity contribution in [1.29, 1.82) is 0 Å². The topological polar surface area (TPSA) is 81.7 Å². The molecule has 118 valence electrons. The second-order valence-electron chi connectivity index (χ2n) is 6.05. The van der Waals surface area contributed by atoms with Crippen LogP contribution in [0.15, 0.2) is 28.8 Å². The largest absolute Gasteiger partial charge is 0.477 e. The minimum Gasteiger partial charge on any atom is -0.477 e. The number of ether oxygens (including phenoxy) is 1. The first-order chi connectivity index (χ1) is 10.2. The summed E-state index contributed by atoms with van der Waals surface area (Å²) in [6.07, 6.45) is 1.80. The number of furan rings is 1. The van der Waals surface area contributed by atoms with E-state index >= 15 is 0 Å². The van der Waals surface area contributed by atoms with Crippen LogP contribution in [0, 0.1) is 0 Å². The fraction of sp³-hybridized carbons (Fsp3) is 0.375. The Labute approximate surface area is 128 Å². The third-order valence-electron chi connectivity index (χ3n) is 3.36. The molecule has 6 heteroatoms. The van der Waals surface area contributed by atoms with Crippen LogP contribution in [0.5, 0.6) is 0 Å². The number of carbonyl (C=O) groups excluding carboxylic acids is 1. The second kappa shape index (κ2) is 5.71. The third-order valence-corrected chi connectivity index (χ3v) is 3.36. The van der Waals surface area contributed by atoms with Crippen molar-refractivity contribution in [1.82, 2.24) is 4.57 Å². The molecule has 0 aliphatic rings. The zero-order valence-electron chi connectivity index (χ0n) is 13.0. The number of carboxylic acid groups (broad SMARTS) is 1. The molecule has 2 aromatic rings. The summed E-state index contributed by atoms with van der Waals surface area (Å²) in [5.41, 5.74) is 0.945. The Morgan fingerprint density at radius 2 is 2.00 bits per heavy atom. The van der Waals surface area contributed by atoms with E-state index < -0.39 is 11.9 Å². The van der Waals surface area contributed by atoms with Gasteiger partial charge in [0.2, 0.25) is 5.76 Å². The van der Waals surface area contributed by atoms with Gasteiger partial charge in [0.05, 0.1) is 13.7 Å². The molecule has 0 saturated carbocycles. The van der Waals surface area contributed by atoms with Crippen LogP contribution < -0.4 is 0 Å². The van der Waals surface area contributed by atoms with E-state index in [-0.39, 0.29) is 23.4 Å². The fourth-order valence-corrected chi connectivity index (χ4v) is 2.07. The molecule has 2 aromatic heterocycles. The number of hydrogen-bond acceptors (Lipinski definition) is 4. The lowest BCUT2D eigenvalue weighted by Gasteiger charge is -2.15. The first-order valence-electron chi connectivity index (χ1n) is 6.83. The first-order valence-corrected chi connectivity index (χ1v) is 6.83. The van der Waals surface area contributed by atoms with Crippen molar-refractivity contribution >= 4 is 11.9 Å². The number of carboxylic acids is 1. The lowest BCUT2D eigenvalue weighted by Crippen LogP contribution is -2.09. The molecule has 22 heavy (non-hydrogen) atoms. The Bertz CT molecular complexity index is 702. The van der Waals surface area contributed by atoms with Gasteiger partial charge in [-0.2, -0.15) is 0 Å². The minimum absolute atomic E-state index is 0.0950. The van der Waals surface area contributed by atoms with Crippen molar-refractivity contribution in [3.8, 4) is 0 Å². The van der Waals surface area contributed by atoms with Crippen molar-refractivity contribution in [3.05, 3.63) is 47.2 Å². The van der Waals surface area contributed by atoms with E-state index in [2.05, 4.69) is 4.74 Å². The summed E-state index contributed by atoms with van der Waals surface area (Å²) in [6.45, 7) is 6.27. The summed E-state index contributed by atoms with van der Waals surface area (Å²) in [7, 11) is 1.27. The number of aromatic nitrogens is 1. The number of carbonyl (C=O) groups is 2. The maximum atomic E-state index is 11.4. The number of aromatic carboxylic acids is 1. The molecular weight excluding hydrogens is 286 g/mol. The van der Waals surface area contributed by atoms with E-state index in [1.54, 1.807) is 22.9 Å². The van der Waals surface area contributed by atoms with Crippen molar-refractivity contribution in [2.24, 2.45) is 0 Å². The standard InChI is InChI=1S/C16H19NO5/c1-16(2,3)10-7-12(14(18)19)17(8-10)9-11-5-6-13(22-11)15(20)21-4/h5-8H,9H2,1-4H3,(H,18,19). The van der Waals surface area contributed by atoms with Crippen LogP contribution in [0.4, 0.5) is 0 Å². The number of rotatable bonds is 4. The molecule has 2 rings (SSSR count). The van der Waals surface area contributed by atoms with E-state index in [0.717, 1.165) is 5.56 Å². The lowest BCUT2D eigenvalue weighted by atomic mass is 9.89. The summed E-state index contributed by atoms with van der Waals surface area (Å²) in [5, 5.41) is 9.33. The smallest absolute Gasteiger partial charge is 0.373 e. The van der Waals surface area contributed by atoms with Crippen LogP contribution in [-0.4, -0.2) is 28.7 Å². The van der Waals surface area contributed by atoms with Gasteiger partial charge in [-0.15, -0.1) is 0 Å². The quantitative estimate of drug-likeness (QED) is 0.878. The van der Waals surface area contributed by atoms with Crippen molar-refractivity contribution in [3.63, 3.8) is 0 Å². The van der Waals surface area contributed by atoms with Gasteiger partial charge in [-0.3, -0.25) is 0 Å². The molecule has 0 amide bonds.